The number of imidazole rings is 1. The number of hydrogen-bond donors (Lipinski definition) is 2. The van der Waals surface area contributed by atoms with Crippen molar-refractivity contribution in [1.82, 2.24) is 9.97 Å². The standard InChI is InChI=1S/C16H16FN3/c1-9-5-4-6-13-15(9)20-16(18-13)19-14-10(2)7-12(17)8-11(14)3/h4-8H,1-3H3,(H2,18,19,20). The highest BCUT2D eigenvalue weighted by atomic mass is 19.1. The average Bonchev–Trinajstić information content (AvgIpc) is 2.78. The van der Waals surface area contributed by atoms with Crippen LogP contribution >= 0.6 is 0 Å². The molecular formula is C16H16FN3. The van der Waals surface area contributed by atoms with Crippen LogP contribution in [0.3, 0.4) is 0 Å². The number of anilines is 2. The minimum atomic E-state index is -0.217. The molecule has 0 amide bonds. The van der Waals surface area contributed by atoms with Crippen LogP contribution in [-0.2, 0) is 0 Å². The van der Waals surface area contributed by atoms with E-state index in [1.54, 1.807) is 0 Å². The summed E-state index contributed by atoms with van der Waals surface area (Å²) in [5.74, 6) is 0.457. The van der Waals surface area contributed by atoms with Gasteiger partial charge in [-0.25, -0.2) is 9.37 Å². The third-order valence-corrected chi connectivity index (χ3v) is 3.46. The molecule has 0 atom stereocenters. The normalized spacial score (nSPS) is 11.0. The zero-order chi connectivity index (χ0) is 14.3. The van der Waals surface area contributed by atoms with Gasteiger partial charge in [-0.15, -0.1) is 0 Å². The zero-order valence-electron chi connectivity index (χ0n) is 11.7. The summed E-state index contributed by atoms with van der Waals surface area (Å²) in [6, 6.07) is 9.05. The fourth-order valence-electron chi connectivity index (χ4n) is 2.46. The first-order valence-electron chi connectivity index (χ1n) is 6.53. The Hall–Kier alpha value is -2.36. The molecule has 2 N–H and O–H groups in total. The third kappa shape index (κ3) is 2.13. The van der Waals surface area contributed by atoms with Crippen LogP contribution in [-0.4, -0.2) is 9.97 Å². The summed E-state index contributed by atoms with van der Waals surface area (Å²) < 4.78 is 13.3. The number of benzene rings is 2. The molecule has 0 saturated heterocycles. The van der Waals surface area contributed by atoms with Crippen LogP contribution in [0.15, 0.2) is 30.3 Å². The Balaban J connectivity index is 2.04. The van der Waals surface area contributed by atoms with Gasteiger partial charge in [0.05, 0.1) is 11.0 Å². The minimum absolute atomic E-state index is 0.217. The second-order valence-corrected chi connectivity index (χ2v) is 5.10. The highest BCUT2D eigenvalue weighted by Gasteiger charge is 2.09. The van der Waals surface area contributed by atoms with E-state index in [0.29, 0.717) is 5.95 Å². The molecule has 102 valence electrons. The van der Waals surface area contributed by atoms with Gasteiger partial charge in [0.25, 0.3) is 0 Å². The van der Waals surface area contributed by atoms with E-state index in [4.69, 9.17) is 0 Å². The number of nitrogens with zero attached hydrogens (tertiary/aromatic N) is 1. The van der Waals surface area contributed by atoms with E-state index in [2.05, 4.69) is 15.3 Å². The Kier molecular flexibility index (Phi) is 2.93. The number of nitrogens with one attached hydrogen (secondary N) is 2. The largest absolute Gasteiger partial charge is 0.325 e. The second kappa shape index (κ2) is 4.63. The molecule has 0 saturated carbocycles. The molecule has 0 radical (unpaired) electrons. The van der Waals surface area contributed by atoms with Crippen molar-refractivity contribution < 1.29 is 4.39 Å². The van der Waals surface area contributed by atoms with Gasteiger partial charge in [-0.1, -0.05) is 12.1 Å². The van der Waals surface area contributed by atoms with Gasteiger partial charge in [-0.3, -0.25) is 0 Å². The number of rotatable bonds is 2. The van der Waals surface area contributed by atoms with Gasteiger partial charge in [0.2, 0.25) is 5.95 Å². The maximum Gasteiger partial charge on any atom is 0.205 e. The molecule has 0 aliphatic carbocycles. The van der Waals surface area contributed by atoms with Crippen LogP contribution in [0.5, 0.6) is 0 Å². The van der Waals surface area contributed by atoms with Gasteiger partial charge in [0, 0.05) is 5.69 Å². The van der Waals surface area contributed by atoms with Gasteiger partial charge < -0.3 is 10.3 Å². The molecular weight excluding hydrogens is 253 g/mol. The van der Waals surface area contributed by atoms with Crippen molar-refractivity contribution in [3.8, 4) is 0 Å². The van der Waals surface area contributed by atoms with Gasteiger partial charge >= 0.3 is 0 Å². The van der Waals surface area contributed by atoms with Crippen LogP contribution in [0, 0.1) is 26.6 Å². The second-order valence-electron chi connectivity index (χ2n) is 5.10. The summed E-state index contributed by atoms with van der Waals surface area (Å²) in [6.07, 6.45) is 0. The van der Waals surface area contributed by atoms with Crippen molar-refractivity contribution in [2.75, 3.05) is 5.32 Å². The van der Waals surface area contributed by atoms with Crippen LogP contribution in [0.2, 0.25) is 0 Å². The van der Waals surface area contributed by atoms with E-state index in [-0.39, 0.29) is 5.82 Å². The number of para-hydroxylation sites is 1. The first-order valence-corrected chi connectivity index (χ1v) is 6.53. The van der Waals surface area contributed by atoms with E-state index in [1.165, 1.54) is 12.1 Å². The lowest BCUT2D eigenvalue weighted by Gasteiger charge is -2.10. The highest BCUT2D eigenvalue weighted by Crippen LogP contribution is 2.26. The van der Waals surface area contributed by atoms with E-state index in [1.807, 2.05) is 39.0 Å². The summed E-state index contributed by atoms with van der Waals surface area (Å²) in [6.45, 7) is 5.79. The molecule has 0 fully saturated rings. The summed E-state index contributed by atoms with van der Waals surface area (Å²) in [4.78, 5) is 7.79. The van der Waals surface area contributed by atoms with Crippen molar-refractivity contribution in [3.05, 3.63) is 52.8 Å². The number of fused-ring (bicyclic) bond motifs is 1. The number of halogens is 1. The van der Waals surface area contributed by atoms with Crippen LogP contribution in [0.25, 0.3) is 11.0 Å². The first kappa shape index (κ1) is 12.7. The number of hydrogen-bond acceptors (Lipinski definition) is 2. The first-order chi connectivity index (χ1) is 9.54. The molecule has 3 nitrogen and oxygen atoms in total. The minimum Gasteiger partial charge on any atom is -0.325 e. The summed E-state index contributed by atoms with van der Waals surface area (Å²) >= 11 is 0. The Labute approximate surface area is 116 Å². The van der Waals surface area contributed by atoms with E-state index < -0.39 is 0 Å². The van der Waals surface area contributed by atoms with Crippen LogP contribution in [0.1, 0.15) is 16.7 Å². The fraction of sp³-hybridized carbons (Fsp3) is 0.188. The maximum atomic E-state index is 13.3. The quantitative estimate of drug-likeness (QED) is 0.725. The average molecular weight is 269 g/mol. The Morgan fingerprint density at radius 1 is 1.05 bits per heavy atom. The Bertz CT molecular complexity index is 767. The van der Waals surface area contributed by atoms with Crippen molar-refractivity contribution in [2.24, 2.45) is 0 Å². The summed E-state index contributed by atoms with van der Waals surface area (Å²) in [7, 11) is 0. The van der Waals surface area contributed by atoms with E-state index in [0.717, 1.165) is 33.4 Å². The molecule has 0 aliphatic rings. The molecule has 0 spiro atoms. The smallest absolute Gasteiger partial charge is 0.205 e. The fourth-order valence-corrected chi connectivity index (χ4v) is 2.46. The van der Waals surface area contributed by atoms with E-state index >= 15 is 0 Å². The predicted octanol–water partition coefficient (Wildman–Crippen LogP) is 4.37. The predicted molar refractivity (Wildman–Crippen MR) is 80.0 cm³/mol. The van der Waals surface area contributed by atoms with Crippen molar-refractivity contribution in [3.63, 3.8) is 0 Å². The van der Waals surface area contributed by atoms with Gasteiger partial charge in [-0.2, -0.15) is 0 Å². The third-order valence-electron chi connectivity index (χ3n) is 3.46. The van der Waals surface area contributed by atoms with Crippen molar-refractivity contribution in [2.45, 2.75) is 20.8 Å². The number of aromatic amines is 1. The van der Waals surface area contributed by atoms with Gasteiger partial charge in [0.1, 0.15) is 5.82 Å². The van der Waals surface area contributed by atoms with Gasteiger partial charge in [0.15, 0.2) is 0 Å². The molecule has 20 heavy (non-hydrogen) atoms. The van der Waals surface area contributed by atoms with Crippen LogP contribution < -0.4 is 5.32 Å². The Morgan fingerprint density at radius 2 is 1.75 bits per heavy atom. The molecule has 1 aromatic heterocycles. The van der Waals surface area contributed by atoms with Crippen molar-refractivity contribution >= 4 is 22.7 Å². The monoisotopic (exact) mass is 269 g/mol. The maximum absolute atomic E-state index is 13.3. The molecule has 0 bridgehead atoms. The molecule has 3 aromatic rings. The SMILES string of the molecule is Cc1cc(F)cc(C)c1Nc1nc2c(C)cccc2[nH]1. The lowest BCUT2D eigenvalue weighted by molar-refractivity contribution is 0.625. The molecule has 4 heteroatoms. The van der Waals surface area contributed by atoms with Gasteiger partial charge in [-0.05, 0) is 55.7 Å². The zero-order valence-corrected chi connectivity index (χ0v) is 11.7. The summed E-state index contributed by atoms with van der Waals surface area (Å²) in [5.41, 5.74) is 5.68. The van der Waals surface area contributed by atoms with Crippen LogP contribution in [0.4, 0.5) is 16.0 Å². The Morgan fingerprint density at radius 3 is 2.40 bits per heavy atom. The lowest BCUT2D eigenvalue weighted by Crippen LogP contribution is -1.98. The van der Waals surface area contributed by atoms with Crippen molar-refractivity contribution in [1.29, 1.82) is 0 Å². The topological polar surface area (TPSA) is 40.7 Å². The highest BCUT2D eigenvalue weighted by molar-refractivity contribution is 5.81. The number of H-pyrrole nitrogens is 1. The molecule has 2 aromatic carbocycles. The lowest BCUT2D eigenvalue weighted by atomic mass is 10.1. The van der Waals surface area contributed by atoms with E-state index in [9.17, 15) is 4.39 Å². The summed E-state index contributed by atoms with van der Waals surface area (Å²) in [5, 5.41) is 3.25. The molecule has 0 aliphatic heterocycles. The molecule has 3 rings (SSSR count). The molecule has 1 heterocycles. The molecule has 0 unspecified atom stereocenters. The number of aromatic nitrogens is 2. The number of aryl methyl sites for hydroxylation is 3.